The Bertz CT molecular complexity index is 1620. The van der Waals surface area contributed by atoms with E-state index in [2.05, 4.69) is 56.9 Å². The van der Waals surface area contributed by atoms with Crippen LogP contribution in [0.4, 0.5) is 17.2 Å². The van der Waals surface area contributed by atoms with Crippen molar-refractivity contribution in [1.82, 2.24) is 14.9 Å². The molecule has 0 saturated carbocycles. The van der Waals surface area contributed by atoms with E-state index in [1.165, 1.54) is 23.0 Å². The first kappa shape index (κ1) is 31.0. The molecule has 0 aliphatic carbocycles. The van der Waals surface area contributed by atoms with Crippen LogP contribution < -0.4 is 19.4 Å². The number of aryl methyl sites for hydroxylation is 1. The Morgan fingerprint density at radius 1 is 0.800 bits per heavy atom. The van der Waals surface area contributed by atoms with E-state index in [4.69, 9.17) is 21.3 Å². The van der Waals surface area contributed by atoms with E-state index in [1.807, 2.05) is 60.4 Å². The minimum absolute atomic E-state index is 0.0609. The zero-order chi connectivity index (χ0) is 31.2. The average molecular weight is 643 g/mol. The Kier molecular flexibility index (Phi) is 9.96. The second kappa shape index (κ2) is 14.4. The lowest BCUT2D eigenvalue weighted by atomic mass is 10.1. The fraction of sp³-hybridized carbons (Fsp3) is 0.343. The van der Waals surface area contributed by atoms with Gasteiger partial charge >= 0.3 is 0 Å². The Morgan fingerprint density at radius 2 is 1.47 bits per heavy atom. The molecule has 234 valence electrons. The molecule has 2 aliphatic heterocycles. The van der Waals surface area contributed by atoms with Gasteiger partial charge in [0.15, 0.2) is 5.16 Å². The topological polar surface area (TPSA) is 65.0 Å². The number of piperazine rings is 2. The van der Waals surface area contributed by atoms with Crippen LogP contribution >= 0.6 is 23.4 Å². The Hall–Kier alpha value is -3.95. The van der Waals surface area contributed by atoms with E-state index in [0.717, 1.165) is 62.1 Å². The number of aromatic nitrogens is 2. The maximum absolute atomic E-state index is 13.5. The van der Waals surface area contributed by atoms with Crippen molar-refractivity contribution < 1.29 is 9.53 Å². The smallest absolute Gasteiger partial charge is 0.253 e. The largest absolute Gasteiger partial charge is 0.492 e. The molecule has 2 aliphatic rings. The molecule has 0 N–H and O–H groups in total. The number of hydrogen-bond donors (Lipinski definition) is 0. The van der Waals surface area contributed by atoms with E-state index in [0.29, 0.717) is 41.3 Å². The number of carbonyl (C=O) groups excluding carboxylic acids is 1. The van der Waals surface area contributed by atoms with Crippen molar-refractivity contribution in [2.75, 3.05) is 73.7 Å². The molecule has 1 amide bonds. The number of rotatable bonds is 9. The quantitative estimate of drug-likeness (QED) is 0.118. The number of carbonyl (C=O) groups is 1. The number of nitrogens with zero attached hydrogens (tertiary/aromatic N) is 6. The third-order valence-electron chi connectivity index (χ3n) is 8.34. The van der Waals surface area contributed by atoms with Crippen LogP contribution in [0.25, 0.3) is 0 Å². The van der Waals surface area contributed by atoms with Gasteiger partial charge in [-0.2, -0.15) is 0 Å². The van der Waals surface area contributed by atoms with Gasteiger partial charge in [0.2, 0.25) is 0 Å². The van der Waals surface area contributed by atoms with Gasteiger partial charge in [0.1, 0.15) is 16.7 Å². The third kappa shape index (κ3) is 7.48. The first-order chi connectivity index (χ1) is 22.0. The van der Waals surface area contributed by atoms with E-state index < -0.39 is 0 Å². The fourth-order valence-electron chi connectivity index (χ4n) is 5.98. The molecular formula is C35H39ClN6O2S. The summed E-state index contributed by atoms with van der Waals surface area (Å²) in [6.07, 6.45) is 0. The summed E-state index contributed by atoms with van der Waals surface area (Å²) in [7, 11) is 0. The molecule has 2 saturated heterocycles. The average Bonchev–Trinajstić information content (AvgIpc) is 3.08. The molecule has 4 aromatic rings. The standard InChI is InChI=1S/C35H39ClN6O2S/c1-3-44-31-14-7-6-13-30(31)40-17-21-42(22-18-40)34(43)28-11-8-10-27(23-28)25-45-35-37-32(36)24-33(38-35)41-19-15-39(16-20-41)29-12-5-4-9-26(29)2/h4-14,23-24H,3,15-22,25H2,1-2H3. The number of para-hydroxylation sites is 3. The second-order valence-electron chi connectivity index (χ2n) is 11.3. The molecule has 8 nitrogen and oxygen atoms in total. The molecule has 6 rings (SSSR count). The van der Waals surface area contributed by atoms with Gasteiger partial charge in [0.05, 0.1) is 12.3 Å². The zero-order valence-electron chi connectivity index (χ0n) is 25.9. The summed E-state index contributed by atoms with van der Waals surface area (Å²) in [5.41, 5.74) is 5.42. The SMILES string of the molecule is CCOc1ccccc1N1CCN(C(=O)c2cccc(CSc3nc(Cl)cc(N4CCN(c5ccccc5C)CC4)n3)c2)CC1. The van der Waals surface area contributed by atoms with Crippen LogP contribution in [-0.4, -0.2) is 79.7 Å². The number of benzene rings is 3. The number of anilines is 3. The normalized spacial score (nSPS) is 15.4. The molecule has 0 unspecified atom stereocenters. The number of thioether (sulfide) groups is 1. The highest BCUT2D eigenvalue weighted by molar-refractivity contribution is 7.98. The van der Waals surface area contributed by atoms with Crippen LogP contribution in [-0.2, 0) is 5.75 Å². The van der Waals surface area contributed by atoms with Gasteiger partial charge in [-0.25, -0.2) is 9.97 Å². The van der Waals surface area contributed by atoms with E-state index in [1.54, 1.807) is 0 Å². The summed E-state index contributed by atoms with van der Waals surface area (Å²) in [4.78, 5) is 31.8. The first-order valence-electron chi connectivity index (χ1n) is 15.6. The van der Waals surface area contributed by atoms with Crippen molar-refractivity contribution >= 4 is 46.5 Å². The van der Waals surface area contributed by atoms with Gasteiger partial charge in [-0.1, -0.05) is 65.8 Å². The van der Waals surface area contributed by atoms with Crippen LogP contribution in [0.1, 0.15) is 28.4 Å². The maximum Gasteiger partial charge on any atom is 0.253 e. The van der Waals surface area contributed by atoms with Gasteiger partial charge in [-0.15, -0.1) is 0 Å². The molecular weight excluding hydrogens is 604 g/mol. The monoisotopic (exact) mass is 642 g/mol. The number of halogens is 1. The molecule has 45 heavy (non-hydrogen) atoms. The minimum Gasteiger partial charge on any atom is -0.492 e. The molecule has 3 heterocycles. The van der Waals surface area contributed by atoms with Crippen LogP contribution in [0.2, 0.25) is 5.15 Å². The Labute approximate surface area is 275 Å². The molecule has 0 bridgehead atoms. The second-order valence-corrected chi connectivity index (χ2v) is 12.6. The molecule has 0 atom stereocenters. The van der Waals surface area contributed by atoms with Crippen LogP contribution in [0.15, 0.2) is 84.0 Å². The maximum atomic E-state index is 13.5. The minimum atomic E-state index is 0.0609. The van der Waals surface area contributed by atoms with Gasteiger partial charge in [-0.05, 0) is 55.3 Å². The lowest BCUT2D eigenvalue weighted by molar-refractivity contribution is 0.0746. The number of hydrogen-bond acceptors (Lipinski definition) is 8. The van der Waals surface area contributed by atoms with Crippen LogP contribution in [0, 0.1) is 6.92 Å². The van der Waals surface area contributed by atoms with E-state index in [9.17, 15) is 4.79 Å². The van der Waals surface area contributed by atoms with Crippen molar-refractivity contribution in [2.45, 2.75) is 24.8 Å². The molecule has 2 fully saturated rings. The van der Waals surface area contributed by atoms with Crippen molar-refractivity contribution in [3.05, 3.63) is 101 Å². The van der Waals surface area contributed by atoms with E-state index in [-0.39, 0.29) is 5.91 Å². The third-order valence-corrected chi connectivity index (χ3v) is 9.45. The molecule has 0 radical (unpaired) electrons. The Balaban J connectivity index is 1.04. The Morgan fingerprint density at radius 3 is 2.22 bits per heavy atom. The zero-order valence-corrected chi connectivity index (χ0v) is 27.4. The van der Waals surface area contributed by atoms with Crippen molar-refractivity contribution in [1.29, 1.82) is 0 Å². The van der Waals surface area contributed by atoms with E-state index >= 15 is 0 Å². The summed E-state index contributed by atoms with van der Waals surface area (Å²) in [6.45, 7) is 11.2. The summed E-state index contributed by atoms with van der Waals surface area (Å²) >= 11 is 8.00. The van der Waals surface area contributed by atoms with Crippen molar-refractivity contribution in [3.63, 3.8) is 0 Å². The number of ether oxygens (including phenoxy) is 1. The predicted octanol–water partition coefficient (Wildman–Crippen LogP) is 6.42. The molecule has 10 heteroatoms. The lowest BCUT2D eigenvalue weighted by Gasteiger charge is -2.37. The van der Waals surface area contributed by atoms with Gasteiger partial charge in [0, 0.05) is 75.4 Å². The molecule has 0 spiro atoms. The number of amides is 1. The summed E-state index contributed by atoms with van der Waals surface area (Å²) in [5.74, 6) is 2.45. The molecule has 1 aromatic heterocycles. The van der Waals surface area contributed by atoms with Crippen molar-refractivity contribution in [2.24, 2.45) is 0 Å². The summed E-state index contributed by atoms with van der Waals surface area (Å²) in [6, 6.07) is 26.4. The highest BCUT2D eigenvalue weighted by Gasteiger charge is 2.24. The van der Waals surface area contributed by atoms with Gasteiger partial charge in [0.25, 0.3) is 5.91 Å². The fourth-order valence-corrected chi connectivity index (χ4v) is 7.00. The summed E-state index contributed by atoms with van der Waals surface area (Å²) in [5, 5.41) is 1.08. The van der Waals surface area contributed by atoms with Crippen LogP contribution in [0.5, 0.6) is 5.75 Å². The molecule has 3 aromatic carbocycles. The summed E-state index contributed by atoms with van der Waals surface area (Å²) < 4.78 is 5.82. The highest BCUT2D eigenvalue weighted by atomic mass is 35.5. The van der Waals surface area contributed by atoms with Crippen LogP contribution in [0.3, 0.4) is 0 Å². The van der Waals surface area contributed by atoms with Gasteiger partial charge < -0.3 is 24.3 Å². The first-order valence-corrected chi connectivity index (χ1v) is 16.9. The van der Waals surface area contributed by atoms with Gasteiger partial charge in [-0.3, -0.25) is 4.79 Å². The highest BCUT2D eigenvalue weighted by Crippen LogP contribution is 2.30. The van der Waals surface area contributed by atoms with Crippen molar-refractivity contribution in [3.8, 4) is 5.75 Å². The lowest BCUT2D eigenvalue weighted by Crippen LogP contribution is -2.48. The predicted molar refractivity (Wildman–Crippen MR) is 184 cm³/mol.